The van der Waals surface area contributed by atoms with Crippen LogP contribution in [-0.4, -0.2) is 37.0 Å². The molecule has 2 unspecified atom stereocenters. The first-order chi connectivity index (χ1) is 10.2. The number of nitrogens with two attached hydrogens (primary N) is 1. The highest BCUT2D eigenvalue weighted by atomic mass is 16.3. The Morgan fingerprint density at radius 3 is 2.86 bits per heavy atom. The summed E-state index contributed by atoms with van der Waals surface area (Å²) in [5, 5.41) is 3.05. The maximum Gasteiger partial charge on any atom is 0.220 e. The molecule has 0 aliphatic carbocycles. The van der Waals surface area contributed by atoms with Crippen LogP contribution in [0.3, 0.4) is 0 Å². The molecule has 1 aliphatic heterocycles. The molecule has 0 spiro atoms. The van der Waals surface area contributed by atoms with Gasteiger partial charge in [0.25, 0.3) is 0 Å². The van der Waals surface area contributed by atoms with Gasteiger partial charge in [-0.15, -0.1) is 0 Å². The van der Waals surface area contributed by atoms with E-state index in [1.165, 1.54) is 12.8 Å². The Morgan fingerprint density at radius 2 is 2.24 bits per heavy atom. The number of furan rings is 1. The van der Waals surface area contributed by atoms with Gasteiger partial charge in [0.15, 0.2) is 0 Å². The highest BCUT2D eigenvalue weighted by Crippen LogP contribution is 2.24. The zero-order valence-electron chi connectivity index (χ0n) is 12.9. The molecule has 5 heteroatoms. The molecule has 5 nitrogen and oxygen atoms in total. The summed E-state index contributed by atoms with van der Waals surface area (Å²) in [6.45, 7) is 5.47. The summed E-state index contributed by atoms with van der Waals surface area (Å²) in [5.74, 6) is 1.44. The van der Waals surface area contributed by atoms with Gasteiger partial charge in [0.1, 0.15) is 5.76 Å². The second-order valence-corrected chi connectivity index (χ2v) is 5.96. The number of likely N-dealkylation sites (tertiary alicyclic amines) is 1. The molecule has 1 amide bonds. The highest BCUT2D eigenvalue weighted by Gasteiger charge is 2.25. The molecular formula is C16H27N3O2. The third-order valence-corrected chi connectivity index (χ3v) is 4.21. The van der Waals surface area contributed by atoms with Gasteiger partial charge in [-0.25, -0.2) is 0 Å². The van der Waals surface area contributed by atoms with E-state index >= 15 is 0 Å². The molecule has 0 saturated carbocycles. The van der Waals surface area contributed by atoms with Crippen LogP contribution < -0.4 is 11.1 Å². The van der Waals surface area contributed by atoms with Crippen LogP contribution in [0.5, 0.6) is 0 Å². The van der Waals surface area contributed by atoms with Crippen LogP contribution in [0.15, 0.2) is 22.8 Å². The molecule has 118 valence electrons. The Bertz CT molecular complexity index is 413. The van der Waals surface area contributed by atoms with Crippen molar-refractivity contribution in [3.8, 4) is 0 Å². The predicted molar refractivity (Wildman–Crippen MR) is 82.7 cm³/mol. The Morgan fingerprint density at radius 1 is 1.48 bits per heavy atom. The molecule has 2 heterocycles. The third-order valence-electron chi connectivity index (χ3n) is 4.21. The lowest BCUT2D eigenvalue weighted by atomic mass is 10.1. The van der Waals surface area contributed by atoms with Crippen LogP contribution >= 0.6 is 0 Å². The lowest BCUT2D eigenvalue weighted by Gasteiger charge is -2.26. The van der Waals surface area contributed by atoms with Crippen molar-refractivity contribution in [1.82, 2.24) is 10.2 Å². The Hall–Kier alpha value is -1.33. The fourth-order valence-electron chi connectivity index (χ4n) is 2.74. The molecule has 1 aromatic rings. The molecule has 21 heavy (non-hydrogen) atoms. The Kier molecular flexibility index (Phi) is 6.26. The van der Waals surface area contributed by atoms with Gasteiger partial charge in [0.2, 0.25) is 5.91 Å². The summed E-state index contributed by atoms with van der Waals surface area (Å²) in [4.78, 5) is 14.3. The van der Waals surface area contributed by atoms with E-state index in [-0.39, 0.29) is 11.9 Å². The van der Waals surface area contributed by atoms with Gasteiger partial charge in [-0.05, 0) is 56.9 Å². The maximum atomic E-state index is 12.0. The second-order valence-electron chi connectivity index (χ2n) is 5.96. The lowest BCUT2D eigenvalue weighted by molar-refractivity contribution is -0.121. The summed E-state index contributed by atoms with van der Waals surface area (Å²) in [6, 6.07) is 4.05. The minimum Gasteiger partial charge on any atom is -0.468 e. The molecule has 2 rings (SSSR count). The minimum atomic E-state index is 0.103. The van der Waals surface area contributed by atoms with E-state index < -0.39 is 0 Å². The maximum absolute atomic E-state index is 12.0. The largest absolute Gasteiger partial charge is 0.468 e. The summed E-state index contributed by atoms with van der Waals surface area (Å²) in [5.41, 5.74) is 5.58. The first-order valence-electron chi connectivity index (χ1n) is 7.95. The average molecular weight is 293 g/mol. The first kappa shape index (κ1) is 16.0. The summed E-state index contributed by atoms with van der Waals surface area (Å²) < 4.78 is 5.55. The molecule has 1 saturated heterocycles. The standard InChI is InChI=1S/C16H27N3O2/c1-13(11-17)6-7-16(20)18-12-14(15-5-4-10-21-15)19-8-2-3-9-19/h4-5,10,13-14H,2-3,6-9,11-12,17H2,1H3,(H,18,20). The van der Waals surface area contributed by atoms with Gasteiger partial charge >= 0.3 is 0 Å². The fourth-order valence-corrected chi connectivity index (χ4v) is 2.74. The first-order valence-corrected chi connectivity index (χ1v) is 7.95. The molecule has 1 aliphatic rings. The van der Waals surface area contributed by atoms with Crippen LogP contribution in [0.1, 0.15) is 44.4 Å². The second kappa shape index (κ2) is 8.20. The van der Waals surface area contributed by atoms with Gasteiger partial charge in [0, 0.05) is 13.0 Å². The number of carbonyl (C=O) groups excluding carboxylic acids is 1. The molecule has 0 radical (unpaired) electrons. The smallest absolute Gasteiger partial charge is 0.220 e. The Labute approximate surface area is 126 Å². The summed E-state index contributed by atoms with van der Waals surface area (Å²) in [7, 11) is 0. The van der Waals surface area contributed by atoms with Crippen molar-refractivity contribution in [1.29, 1.82) is 0 Å². The molecule has 1 fully saturated rings. The SMILES string of the molecule is CC(CN)CCC(=O)NCC(c1ccco1)N1CCCC1. The molecule has 3 N–H and O–H groups in total. The molecule has 2 atom stereocenters. The number of carbonyl (C=O) groups is 1. The van der Waals surface area contributed by atoms with Crippen LogP contribution in [0, 0.1) is 5.92 Å². The van der Waals surface area contributed by atoms with Crippen LogP contribution in [0.25, 0.3) is 0 Å². The third kappa shape index (κ3) is 4.86. The van der Waals surface area contributed by atoms with Gasteiger partial charge in [0.05, 0.1) is 12.3 Å². The van der Waals surface area contributed by atoms with Crippen LogP contribution in [-0.2, 0) is 4.79 Å². The summed E-state index contributed by atoms with van der Waals surface area (Å²) in [6.07, 6.45) is 5.53. The van der Waals surface area contributed by atoms with E-state index in [1.54, 1.807) is 6.26 Å². The van der Waals surface area contributed by atoms with Crippen molar-refractivity contribution in [3.63, 3.8) is 0 Å². The quantitative estimate of drug-likeness (QED) is 0.768. The number of hydrogen-bond donors (Lipinski definition) is 2. The minimum absolute atomic E-state index is 0.103. The van der Waals surface area contributed by atoms with E-state index in [0.29, 0.717) is 25.4 Å². The van der Waals surface area contributed by atoms with Crippen molar-refractivity contribution < 1.29 is 9.21 Å². The molecular weight excluding hydrogens is 266 g/mol. The van der Waals surface area contributed by atoms with E-state index in [4.69, 9.17) is 10.2 Å². The van der Waals surface area contributed by atoms with E-state index in [1.807, 2.05) is 12.1 Å². The van der Waals surface area contributed by atoms with Crippen molar-refractivity contribution >= 4 is 5.91 Å². The Balaban J connectivity index is 1.83. The lowest BCUT2D eigenvalue weighted by Crippen LogP contribution is -2.36. The van der Waals surface area contributed by atoms with Crippen LogP contribution in [0.4, 0.5) is 0 Å². The zero-order chi connectivity index (χ0) is 15.1. The van der Waals surface area contributed by atoms with E-state index in [9.17, 15) is 4.79 Å². The number of nitrogens with one attached hydrogen (secondary N) is 1. The van der Waals surface area contributed by atoms with Gasteiger partial charge in [-0.3, -0.25) is 9.69 Å². The number of hydrogen-bond acceptors (Lipinski definition) is 4. The van der Waals surface area contributed by atoms with Crippen LogP contribution in [0.2, 0.25) is 0 Å². The normalized spacial score (nSPS) is 18.6. The number of nitrogens with zero attached hydrogens (tertiary/aromatic N) is 1. The monoisotopic (exact) mass is 293 g/mol. The number of amides is 1. The average Bonchev–Trinajstić information content (AvgIpc) is 3.18. The van der Waals surface area contributed by atoms with Crippen molar-refractivity contribution in [2.24, 2.45) is 11.7 Å². The zero-order valence-corrected chi connectivity index (χ0v) is 12.9. The summed E-state index contributed by atoms with van der Waals surface area (Å²) >= 11 is 0. The van der Waals surface area contributed by atoms with Crippen molar-refractivity contribution in [3.05, 3.63) is 24.2 Å². The molecule has 1 aromatic heterocycles. The predicted octanol–water partition coefficient (Wildman–Crippen LogP) is 1.91. The van der Waals surface area contributed by atoms with Gasteiger partial charge < -0.3 is 15.5 Å². The van der Waals surface area contributed by atoms with Gasteiger partial charge in [-0.2, -0.15) is 0 Å². The van der Waals surface area contributed by atoms with E-state index in [0.717, 1.165) is 25.3 Å². The number of rotatable bonds is 8. The van der Waals surface area contributed by atoms with Gasteiger partial charge in [-0.1, -0.05) is 6.92 Å². The molecule has 0 bridgehead atoms. The topological polar surface area (TPSA) is 71.5 Å². The highest BCUT2D eigenvalue weighted by molar-refractivity contribution is 5.75. The van der Waals surface area contributed by atoms with E-state index in [2.05, 4.69) is 17.1 Å². The van der Waals surface area contributed by atoms with Crippen molar-refractivity contribution in [2.75, 3.05) is 26.2 Å². The molecule has 0 aromatic carbocycles. The van der Waals surface area contributed by atoms with Crippen molar-refractivity contribution in [2.45, 2.75) is 38.6 Å². The fraction of sp³-hybridized carbons (Fsp3) is 0.688.